The molecule has 1 rings (SSSR count). The first-order valence-electron chi connectivity index (χ1n) is 4.55. The third-order valence-corrected chi connectivity index (χ3v) is 1.89. The average Bonchev–Trinajstić information content (AvgIpc) is 2.21. The van der Waals surface area contributed by atoms with Gasteiger partial charge in [-0.2, -0.15) is 0 Å². The molecule has 0 atom stereocenters. The molecule has 0 aliphatic rings. The van der Waals surface area contributed by atoms with Gasteiger partial charge in [0.05, 0.1) is 6.61 Å². The van der Waals surface area contributed by atoms with Crippen LogP contribution in [0.2, 0.25) is 0 Å². The summed E-state index contributed by atoms with van der Waals surface area (Å²) < 4.78 is 4.68. The third-order valence-electron chi connectivity index (χ3n) is 1.71. The molecule has 1 heterocycles. The second kappa shape index (κ2) is 5.25. The van der Waals surface area contributed by atoms with Crippen molar-refractivity contribution in [1.29, 1.82) is 0 Å². The minimum absolute atomic E-state index is 0.0964. The number of aromatic amines is 2. The number of nitrogens with two attached hydrogens (primary N) is 1. The van der Waals surface area contributed by atoms with Crippen LogP contribution in [-0.4, -0.2) is 27.8 Å². The SMILES string of the molecule is CCOC(=O)N(C(N)=S)c1c[nH]c(=O)[nH]c1=O. The van der Waals surface area contributed by atoms with E-state index in [0.29, 0.717) is 4.90 Å². The number of carbonyl (C=O) groups is 1. The topological polar surface area (TPSA) is 121 Å². The van der Waals surface area contributed by atoms with Gasteiger partial charge in [-0.05, 0) is 19.1 Å². The van der Waals surface area contributed by atoms with Crippen molar-refractivity contribution >= 4 is 29.1 Å². The van der Waals surface area contributed by atoms with E-state index in [1.165, 1.54) is 0 Å². The van der Waals surface area contributed by atoms with Gasteiger partial charge in [-0.3, -0.25) is 9.78 Å². The predicted molar refractivity (Wildman–Crippen MR) is 64.0 cm³/mol. The van der Waals surface area contributed by atoms with E-state index in [1.807, 2.05) is 4.98 Å². The zero-order valence-electron chi connectivity index (χ0n) is 8.85. The van der Waals surface area contributed by atoms with Gasteiger partial charge in [-0.15, -0.1) is 0 Å². The quantitative estimate of drug-likeness (QED) is 0.601. The molecule has 0 aliphatic carbocycles. The lowest BCUT2D eigenvalue weighted by molar-refractivity contribution is 0.163. The van der Waals surface area contributed by atoms with Crippen LogP contribution >= 0.6 is 12.2 Å². The number of carbonyl (C=O) groups excluding carboxylic acids is 1. The number of anilines is 1. The Labute approximate surface area is 100 Å². The Kier molecular flexibility index (Phi) is 3.99. The van der Waals surface area contributed by atoms with Gasteiger partial charge in [0, 0.05) is 6.20 Å². The molecular formula is C8H10N4O4S. The molecule has 8 nitrogen and oxygen atoms in total. The summed E-state index contributed by atoms with van der Waals surface area (Å²) in [6.45, 7) is 1.69. The molecule has 1 amide bonds. The molecule has 0 saturated carbocycles. The van der Waals surface area contributed by atoms with Crippen LogP contribution in [0.4, 0.5) is 10.5 Å². The Morgan fingerprint density at radius 3 is 2.71 bits per heavy atom. The highest BCUT2D eigenvalue weighted by atomic mass is 32.1. The maximum absolute atomic E-state index is 11.5. The van der Waals surface area contributed by atoms with Crippen molar-refractivity contribution < 1.29 is 9.53 Å². The van der Waals surface area contributed by atoms with Crippen LogP contribution in [0, 0.1) is 0 Å². The van der Waals surface area contributed by atoms with E-state index in [2.05, 4.69) is 21.9 Å². The van der Waals surface area contributed by atoms with E-state index in [-0.39, 0.29) is 17.4 Å². The predicted octanol–water partition coefficient (Wildman–Crippen LogP) is -0.730. The normalized spacial score (nSPS) is 9.71. The monoisotopic (exact) mass is 258 g/mol. The highest BCUT2D eigenvalue weighted by Crippen LogP contribution is 2.06. The molecule has 9 heteroatoms. The third kappa shape index (κ3) is 2.91. The number of aromatic nitrogens is 2. The molecule has 0 fully saturated rings. The van der Waals surface area contributed by atoms with E-state index < -0.39 is 17.3 Å². The number of hydrogen-bond donors (Lipinski definition) is 3. The molecule has 0 spiro atoms. The van der Waals surface area contributed by atoms with Crippen LogP contribution in [0.1, 0.15) is 6.92 Å². The lowest BCUT2D eigenvalue weighted by Gasteiger charge is -2.18. The average molecular weight is 258 g/mol. The van der Waals surface area contributed by atoms with E-state index >= 15 is 0 Å². The van der Waals surface area contributed by atoms with E-state index in [0.717, 1.165) is 6.20 Å². The summed E-state index contributed by atoms with van der Waals surface area (Å²) in [5, 5.41) is -0.360. The highest BCUT2D eigenvalue weighted by Gasteiger charge is 2.22. The summed E-state index contributed by atoms with van der Waals surface area (Å²) in [4.78, 5) is 38.6. The minimum atomic E-state index is -0.891. The van der Waals surface area contributed by atoms with E-state index in [9.17, 15) is 14.4 Å². The molecule has 1 aromatic heterocycles. The van der Waals surface area contributed by atoms with Crippen molar-refractivity contribution in [2.24, 2.45) is 5.73 Å². The molecule has 1 aromatic rings. The lowest BCUT2D eigenvalue weighted by atomic mass is 10.4. The number of ether oxygens (including phenoxy) is 1. The molecule has 0 saturated heterocycles. The fourth-order valence-corrected chi connectivity index (χ4v) is 1.24. The largest absolute Gasteiger partial charge is 0.449 e. The summed E-state index contributed by atoms with van der Waals surface area (Å²) in [6, 6.07) is 0. The first kappa shape index (κ1) is 12.9. The zero-order chi connectivity index (χ0) is 13.0. The van der Waals surface area contributed by atoms with E-state index in [4.69, 9.17) is 5.73 Å². The Balaban J connectivity index is 3.24. The van der Waals surface area contributed by atoms with Crippen LogP contribution in [-0.2, 0) is 4.74 Å². The molecule has 4 N–H and O–H groups in total. The van der Waals surface area contributed by atoms with Gasteiger partial charge in [-0.25, -0.2) is 14.5 Å². The van der Waals surface area contributed by atoms with Crippen molar-refractivity contribution in [3.05, 3.63) is 27.0 Å². The maximum Gasteiger partial charge on any atom is 0.420 e. The molecule has 0 unspecified atom stereocenters. The summed E-state index contributed by atoms with van der Waals surface area (Å²) in [5.41, 5.74) is 3.61. The number of thiocarbonyl (C=S) groups is 1. The van der Waals surface area contributed by atoms with Gasteiger partial charge in [0.25, 0.3) is 5.56 Å². The van der Waals surface area contributed by atoms with Crippen molar-refractivity contribution in [3.63, 3.8) is 0 Å². The number of H-pyrrole nitrogens is 2. The second-order valence-electron chi connectivity index (χ2n) is 2.83. The van der Waals surface area contributed by atoms with Crippen molar-refractivity contribution in [1.82, 2.24) is 9.97 Å². The Hall–Kier alpha value is -2.16. The fourth-order valence-electron chi connectivity index (χ4n) is 1.06. The van der Waals surface area contributed by atoms with Gasteiger partial charge in [0.1, 0.15) is 5.69 Å². The Morgan fingerprint density at radius 2 is 2.24 bits per heavy atom. The van der Waals surface area contributed by atoms with Gasteiger partial charge in [-0.1, -0.05) is 0 Å². The fraction of sp³-hybridized carbons (Fsp3) is 0.250. The van der Waals surface area contributed by atoms with Gasteiger partial charge in [0.15, 0.2) is 5.11 Å². The Morgan fingerprint density at radius 1 is 1.59 bits per heavy atom. The molecule has 0 bridgehead atoms. The molecule has 0 radical (unpaired) electrons. The summed E-state index contributed by atoms with van der Waals surface area (Å²) in [6.07, 6.45) is 0.134. The first-order valence-corrected chi connectivity index (χ1v) is 4.96. The van der Waals surface area contributed by atoms with Gasteiger partial charge >= 0.3 is 11.8 Å². The van der Waals surface area contributed by atoms with Crippen LogP contribution in [0.25, 0.3) is 0 Å². The molecule has 92 valence electrons. The lowest BCUT2D eigenvalue weighted by Crippen LogP contribution is -2.44. The molecule has 0 aromatic carbocycles. The molecule has 17 heavy (non-hydrogen) atoms. The van der Waals surface area contributed by atoms with Crippen LogP contribution in [0.15, 0.2) is 15.8 Å². The summed E-state index contributed by atoms with van der Waals surface area (Å²) >= 11 is 4.64. The second-order valence-corrected chi connectivity index (χ2v) is 3.25. The summed E-state index contributed by atoms with van der Waals surface area (Å²) in [7, 11) is 0. The number of hydrogen-bond acceptors (Lipinski definition) is 5. The molecule has 0 aliphatic heterocycles. The van der Waals surface area contributed by atoms with Gasteiger partial charge in [0.2, 0.25) is 0 Å². The van der Waals surface area contributed by atoms with E-state index in [1.54, 1.807) is 6.92 Å². The Bertz CT molecular complexity index is 549. The minimum Gasteiger partial charge on any atom is -0.449 e. The van der Waals surface area contributed by atoms with Crippen LogP contribution in [0.3, 0.4) is 0 Å². The summed E-state index contributed by atoms with van der Waals surface area (Å²) in [5.74, 6) is 0. The van der Waals surface area contributed by atoms with Crippen molar-refractivity contribution in [2.75, 3.05) is 11.5 Å². The van der Waals surface area contributed by atoms with Gasteiger partial charge < -0.3 is 15.5 Å². The number of rotatable bonds is 2. The van der Waals surface area contributed by atoms with Crippen molar-refractivity contribution in [2.45, 2.75) is 6.92 Å². The van der Waals surface area contributed by atoms with Crippen molar-refractivity contribution in [3.8, 4) is 0 Å². The molecular weight excluding hydrogens is 248 g/mol. The number of amides is 1. The number of nitrogens with one attached hydrogen (secondary N) is 2. The van der Waals surface area contributed by atoms with Crippen LogP contribution in [0.5, 0.6) is 0 Å². The highest BCUT2D eigenvalue weighted by molar-refractivity contribution is 7.80. The van der Waals surface area contributed by atoms with Crippen LogP contribution < -0.4 is 21.9 Å². The smallest absolute Gasteiger partial charge is 0.420 e. The standard InChI is InChI=1S/C8H10N4O4S/c1-2-16-8(15)12(6(9)17)4-3-10-7(14)11-5(4)13/h3H,2H2,1H3,(H2,9,17)(H2,10,11,13,14). The number of nitrogens with zero attached hydrogens (tertiary/aromatic N) is 1. The zero-order valence-corrected chi connectivity index (χ0v) is 9.67. The first-order chi connectivity index (χ1) is 7.97. The maximum atomic E-state index is 11.5.